The molecule has 4 rings (SSSR count). The molecule has 194 valence electrons. The summed E-state index contributed by atoms with van der Waals surface area (Å²) in [6, 6.07) is 21.0. The van der Waals surface area contributed by atoms with E-state index in [-0.39, 0.29) is 31.0 Å². The fourth-order valence-corrected chi connectivity index (χ4v) is 5.26. The van der Waals surface area contributed by atoms with Crippen molar-refractivity contribution in [2.45, 2.75) is 50.7 Å². The molecule has 8 heteroatoms. The molecular formula is C29H29Cl3N2O3. The second-order valence-electron chi connectivity index (χ2n) is 9.16. The molecule has 1 aliphatic rings. The van der Waals surface area contributed by atoms with Crippen LogP contribution >= 0.6 is 34.8 Å². The van der Waals surface area contributed by atoms with Crippen LogP contribution in [-0.2, 0) is 22.6 Å². The highest BCUT2D eigenvalue weighted by molar-refractivity contribution is 6.36. The maximum atomic E-state index is 13.7. The van der Waals surface area contributed by atoms with E-state index in [2.05, 4.69) is 5.32 Å². The van der Waals surface area contributed by atoms with Gasteiger partial charge in [-0.2, -0.15) is 0 Å². The first-order valence-electron chi connectivity index (χ1n) is 12.4. The van der Waals surface area contributed by atoms with E-state index >= 15 is 0 Å². The summed E-state index contributed by atoms with van der Waals surface area (Å²) in [5.41, 5.74) is 1.52. The molecule has 0 radical (unpaired) electrons. The standard InChI is InChI=1S/C29H29Cl3N2O3/c30-21-10-6-13-23(17-21)37-19-28(35)34(18-24-25(31)14-7-15-26(24)32)27(16-20-8-2-1-3-9-20)29(36)33-22-11-4-5-12-22/h1-3,6-10,13-15,17,22,27H,4-5,11-12,16,18-19H2,(H,33,36)/t27-/m0/s1. The molecule has 0 saturated heterocycles. The van der Waals surface area contributed by atoms with Crippen molar-refractivity contribution in [2.75, 3.05) is 6.61 Å². The number of ether oxygens (including phenoxy) is 1. The molecule has 0 aliphatic heterocycles. The topological polar surface area (TPSA) is 58.6 Å². The fraction of sp³-hybridized carbons (Fsp3) is 0.310. The molecule has 1 N–H and O–H groups in total. The number of benzene rings is 3. The Morgan fingerprint density at radius 3 is 2.27 bits per heavy atom. The lowest BCUT2D eigenvalue weighted by Gasteiger charge is -2.32. The van der Waals surface area contributed by atoms with Gasteiger partial charge in [-0.3, -0.25) is 9.59 Å². The van der Waals surface area contributed by atoms with E-state index in [9.17, 15) is 9.59 Å². The van der Waals surface area contributed by atoms with Crippen molar-refractivity contribution in [3.8, 4) is 5.75 Å². The lowest BCUT2D eigenvalue weighted by atomic mass is 10.0. The summed E-state index contributed by atoms with van der Waals surface area (Å²) in [5, 5.41) is 4.53. The SMILES string of the molecule is O=C(NC1CCCC1)[C@H](Cc1ccccc1)N(Cc1c(Cl)cccc1Cl)C(=O)COc1cccc(Cl)c1. The summed E-state index contributed by atoms with van der Waals surface area (Å²) in [6.45, 7) is -0.212. The number of nitrogens with one attached hydrogen (secondary N) is 1. The Labute approximate surface area is 232 Å². The molecular weight excluding hydrogens is 531 g/mol. The summed E-state index contributed by atoms with van der Waals surface area (Å²) >= 11 is 19.0. The summed E-state index contributed by atoms with van der Waals surface area (Å²) in [5.74, 6) is -0.0971. The Balaban J connectivity index is 1.65. The van der Waals surface area contributed by atoms with E-state index in [1.807, 2.05) is 30.3 Å². The first-order chi connectivity index (χ1) is 17.9. The van der Waals surface area contributed by atoms with Gasteiger partial charge in [0.15, 0.2) is 6.61 Å². The molecule has 37 heavy (non-hydrogen) atoms. The Hall–Kier alpha value is -2.73. The predicted octanol–water partition coefficient (Wildman–Crippen LogP) is 6.72. The molecule has 3 aromatic rings. The van der Waals surface area contributed by atoms with Crippen LogP contribution in [-0.4, -0.2) is 35.4 Å². The van der Waals surface area contributed by atoms with Gasteiger partial charge in [-0.15, -0.1) is 0 Å². The van der Waals surface area contributed by atoms with Gasteiger partial charge in [0.05, 0.1) is 0 Å². The fourth-order valence-electron chi connectivity index (χ4n) is 4.56. The number of carbonyl (C=O) groups excluding carboxylic acids is 2. The zero-order valence-corrected chi connectivity index (χ0v) is 22.6. The number of nitrogens with zero attached hydrogens (tertiary/aromatic N) is 1. The van der Waals surface area contributed by atoms with Crippen LogP contribution < -0.4 is 10.1 Å². The maximum absolute atomic E-state index is 13.7. The van der Waals surface area contributed by atoms with Crippen LogP contribution in [0, 0.1) is 0 Å². The van der Waals surface area contributed by atoms with Gasteiger partial charge in [0.25, 0.3) is 5.91 Å². The van der Waals surface area contributed by atoms with Gasteiger partial charge >= 0.3 is 0 Å². The Morgan fingerprint density at radius 1 is 0.919 bits per heavy atom. The van der Waals surface area contributed by atoms with Crippen molar-refractivity contribution in [2.24, 2.45) is 0 Å². The number of amides is 2. The highest BCUT2D eigenvalue weighted by atomic mass is 35.5. The highest BCUT2D eigenvalue weighted by Gasteiger charge is 2.33. The van der Waals surface area contributed by atoms with Crippen LogP contribution in [0.5, 0.6) is 5.75 Å². The van der Waals surface area contributed by atoms with Crippen molar-refractivity contribution in [1.82, 2.24) is 10.2 Å². The molecule has 1 fully saturated rings. The molecule has 0 unspecified atom stereocenters. The highest BCUT2D eigenvalue weighted by Crippen LogP contribution is 2.28. The Bertz CT molecular complexity index is 1200. The Morgan fingerprint density at radius 2 is 1.59 bits per heavy atom. The van der Waals surface area contributed by atoms with Gasteiger partial charge in [-0.1, -0.05) is 90.1 Å². The van der Waals surface area contributed by atoms with Crippen LogP contribution in [0.25, 0.3) is 0 Å². The summed E-state index contributed by atoms with van der Waals surface area (Å²) in [7, 11) is 0. The average Bonchev–Trinajstić information content (AvgIpc) is 3.40. The first-order valence-corrected chi connectivity index (χ1v) is 13.5. The minimum absolute atomic E-state index is 0.0613. The molecule has 1 aliphatic carbocycles. The summed E-state index contributed by atoms with van der Waals surface area (Å²) in [6.07, 6.45) is 4.38. The third-order valence-corrected chi connectivity index (χ3v) is 7.46. The lowest BCUT2D eigenvalue weighted by molar-refractivity contribution is -0.143. The number of halogens is 3. The van der Waals surface area contributed by atoms with E-state index in [1.165, 1.54) is 4.90 Å². The molecule has 1 atom stereocenters. The van der Waals surface area contributed by atoms with E-state index in [0.717, 1.165) is 31.2 Å². The van der Waals surface area contributed by atoms with Crippen molar-refractivity contribution in [3.05, 3.63) is 99.0 Å². The van der Waals surface area contributed by atoms with E-state index in [1.54, 1.807) is 42.5 Å². The Kier molecular flexibility index (Phi) is 9.73. The zero-order valence-electron chi connectivity index (χ0n) is 20.3. The third kappa shape index (κ3) is 7.64. The first kappa shape index (κ1) is 27.3. The van der Waals surface area contributed by atoms with Gasteiger partial charge in [0, 0.05) is 39.6 Å². The summed E-state index contributed by atoms with van der Waals surface area (Å²) < 4.78 is 5.77. The smallest absolute Gasteiger partial charge is 0.261 e. The molecule has 0 aromatic heterocycles. The van der Waals surface area contributed by atoms with Gasteiger partial charge in [0.1, 0.15) is 11.8 Å². The van der Waals surface area contributed by atoms with Gasteiger partial charge in [-0.05, 0) is 48.7 Å². The third-order valence-electron chi connectivity index (χ3n) is 6.52. The molecule has 5 nitrogen and oxygen atoms in total. The molecule has 1 saturated carbocycles. The average molecular weight is 560 g/mol. The minimum atomic E-state index is -0.786. The van der Waals surface area contributed by atoms with Crippen molar-refractivity contribution >= 4 is 46.6 Å². The van der Waals surface area contributed by atoms with Gasteiger partial charge in [-0.25, -0.2) is 0 Å². The number of rotatable bonds is 10. The molecule has 0 spiro atoms. The number of carbonyl (C=O) groups is 2. The van der Waals surface area contributed by atoms with Crippen LogP contribution in [0.1, 0.15) is 36.8 Å². The minimum Gasteiger partial charge on any atom is -0.484 e. The van der Waals surface area contributed by atoms with E-state index in [4.69, 9.17) is 39.5 Å². The quantitative estimate of drug-likeness (QED) is 0.300. The number of hydrogen-bond acceptors (Lipinski definition) is 3. The van der Waals surface area contributed by atoms with E-state index < -0.39 is 6.04 Å². The number of hydrogen-bond donors (Lipinski definition) is 1. The van der Waals surface area contributed by atoms with Crippen LogP contribution in [0.15, 0.2) is 72.8 Å². The second-order valence-corrected chi connectivity index (χ2v) is 10.4. The summed E-state index contributed by atoms with van der Waals surface area (Å²) in [4.78, 5) is 28.9. The largest absolute Gasteiger partial charge is 0.484 e. The predicted molar refractivity (Wildman–Crippen MR) is 148 cm³/mol. The molecule has 2 amide bonds. The van der Waals surface area contributed by atoms with Crippen molar-refractivity contribution in [3.63, 3.8) is 0 Å². The second kappa shape index (κ2) is 13.2. The molecule has 0 heterocycles. The van der Waals surface area contributed by atoms with Crippen LogP contribution in [0.2, 0.25) is 15.1 Å². The van der Waals surface area contributed by atoms with Gasteiger partial charge < -0.3 is 15.0 Å². The van der Waals surface area contributed by atoms with E-state index in [0.29, 0.717) is 32.8 Å². The van der Waals surface area contributed by atoms with Crippen molar-refractivity contribution in [1.29, 1.82) is 0 Å². The van der Waals surface area contributed by atoms with Gasteiger partial charge in [0.2, 0.25) is 5.91 Å². The van der Waals surface area contributed by atoms with Crippen LogP contribution in [0.3, 0.4) is 0 Å². The van der Waals surface area contributed by atoms with Crippen LogP contribution in [0.4, 0.5) is 0 Å². The molecule has 3 aromatic carbocycles. The van der Waals surface area contributed by atoms with Crippen molar-refractivity contribution < 1.29 is 14.3 Å². The maximum Gasteiger partial charge on any atom is 0.261 e. The zero-order chi connectivity index (χ0) is 26.2. The molecule has 0 bridgehead atoms. The monoisotopic (exact) mass is 558 g/mol. The lowest BCUT2D eigenvalue weighted by Crippen LogP contribution is -2.53. The normalized spacial score (nSPS) is 14.2.